The summed E-state index contributed by atoms with van der Waals surface area (Å²) < 4.78 is 18.5. The van der Waals surface area contributed by atoms with E-state index >= 15 is 0 Å². The fourth-order valence-electron chi connectivity index (χ4n) is 1.93. The maximum Gasteiger partial charge on any atom is 0.311 e. The molecule has 0 saturated carbocycles. The first-order valence-electron chi connectivity index (χ1n) is 6.60. The van der Waals surface area contributed by atoms with E-state index in [-0.39, 0.29) is 17.2 Å². The third-order valence-electron chi connectivity index (χ3n) is 3.13. The van der Waals surface area contributed by atoms with Crippen molar-refractivity contribution in [3.8, 4) is 5.75 Å². The van der Waals surface area contributed by atoms with Gasteiger partial charge in [0.05, 0.1) is 4.92 Å². The van der Waals surface area contributed by atoms with Crippen molar-refractivity contribution in [2.75, 3.05) is 0 Å². The van der Waals surface area contributed by atoms with Gasteiger partial charge in [-0.05, 0) is 19.9 Å². The van der Waals surface area contributed by atoms with Gasteiger partial charge in [0.25, 0.3) is 0 Å². The SMILES string of the molecule is Cc1ccc(C(=O)[C@@H](C)Oc2cc(F)ccc2[N+](=O)[O-])cc1. The van der Waals surface area contributed by atoms with E-state index in [0.29, 0.717) is 5.56 Å². The van der Waals surface area contributed by atoms with E-state index < -0.39 is 16.8 Å². The van der Waals surface area contributed by atoms with E-state index in [1.807, 2.05) is 6.92 Å². The second-order valence-electron chi connectivity index (χ2n) is 4.86. The molecule has 0 saturated heterocycles. The molecule has 0 amide bonds. The fourth-order valence-corrected chi connectivity index (χ4v) is 1.93. The molecule has 22 heavy (non-hydrogen) atoms. The van der Waals surface area contributed by atoms with E-state index in [2.05, 4.69) is 0 Å². The molecule has 2 aromatic rings. The molecule has 5 nitrogen and oxygen atoms in total. The standard InChI is InChI=1S/C16H14FNO4/c1-10-3-5-12(6-4-10)16(19)11(2)22-15-9-13(17)7-8-14(15)18(20)21/h3-9,11H,1-2H3/t11-/m1/s1. The lowest BCUT2D eigenvalue weighted by Crippen LogP contribution is -2.24. The molecule has 0 aliphatic carbocycles. The minimum Gasteiger partial charge on any atom is -0.475 e. The molecule has 1 atom stereocenters. The van der Waals surface area contributed by atoms with Gasteiger partial charge in [0.2, 0.25) is 11.5 Å². The van der Waals surface area contributed by atoms with Crippen molar-refractivity contribution < 1.29 is 18.8 Å². The Balaban J connectivity index is 2.23. The summed E-state index contributed by atoms with van der Waals surface area (Å²) >= 11 is 0. The molecule has 2 aromatic carbocycles. The van der Waals surface area contributed by atoms with Gasteiger partial charge in [0, 0.05) is 17.7 Å². The molecule has 6 heteroatoms. The number of aryl methyl sites for hydroxylation is 1. The van der Waals surface area contributed by atoms with Crippen LogP contribution in [0.5, 0.6) is 5.75 Å². The highest BCUT2D eigenvalue weighted by atomic mass is 19.1. The van der Waals surface area contributed by atoms with Crippen LogP contribution in [0.1, 0.15) is 22.8 Å². The predicted octanol–water partition coefficient (Wildman–Crippen LogP) is 3.69. The molecule has 0 fully saturated rings. The lowest BCUT2D eigenvalue weighted by atomic mass is 10.1. The zero-order valence-corrected chi connectivity index (χ0v) is 12.1. The molecular formula is C16H14FNO4. The van der Waals surface area contributed by atoms with Gasteiger partial charge in [0.15, 0.2) is 6.10 Å². The molecule has 2 rings (SSSR count). The average Bonchev–Trinajstić information content (AvgIpc) is 2.47. The van der Waals surface area contributed by atoms with Crippen LogP contribution in [0.25, 0.3) is 0 Å². The average molecular weight is 303 g/mol. The smallest absolute Gasteiger partial charge is 0.311 e. The summed E-state index contributed by atoms with van der Waals surface area (Å²) in [6.45, 7) is 3.36. The predicted molar refractivity (Wildman–Crippen MR) is 78.7 cm³/mol. The number of hydrogen-bond acceptors (Lipinski definition) is 4. The first kappa shape index (κ1) is 15.6. The third kappa shape index (κ3) is 3.46. The van der Waals surface area contributed by atoms with Crippen molar-refractivity contribution in [2.45, 2.75) is 20.0 Å². The lowest BCUT2D eigenvalue weighted by Gasteiger charge is -2.14. The summed E-state index contributed by atoms with van der Waals surface area (Å²) in [5.41, 5.74) is 1.05. The number of hydrogen-bond donors (Lipinski definition) is 0. The second-order valence-corrected chi connectivity index (χ2v) is 4.86. The minimum absolute atomic E-state index is 0.266. The number of ether oxygens (including phenoxy) is 1. The number of carbonyl (C=O) groups is 1. The number of nitrogens with zero attached hydrogens (tertiary/aromatic N) is 1. The summed E-state index contributed by atoms with van der Waals surface area (Å²) in [4.78, 5) is 22.5. The Kier molecular flexibility index (Phi) is 4.50. The summed E-state index contributed by atoms with van der Waals surface area (Å²) in [6, 6.07) is 9.74. The first-order chi connectivity index (χ1) is 10.4. The van der Waals surface area contributed by atoms with Gasteiger partial charge in [-0.3, -0.25) is 14.9 Å². The highest BCUT2D eigenvalue weighted by Crippen LogP contribution is 2.28. The molecular weight excluding hydrogens is 289 g/mol. The Labute approximate surface area is 126 Å². The third-order valence-corrected chi connectivity index (χ3v) is 3.13. The zero-order valence-electron chi connectivity index (χ0n) is 12.1. The van der Waals surface area contributed by atoms with Crippen LogP contribution >= 0.6 is 0 Å². The molecule has 0 unspecified atom stereocenters. The Hall–Kier alpha value is -2.76. The molecule has 0 aliphatic heterocycles. The Morgan fingerprint density at radius 1 is 1.23 bits per heavy atom. The zero-order chi connectivity index (χ0) is 16.3. The van der Waals surface area contributed by atoms with Gasteiger partial charge in [-0.15, -0.1) is 0 Å². The van der Waals surface area contributed by atoms with Crippen LogP contribution in [0.4, 0.5) is 10.1 Å². The Morgan fingerprint density at radius 3 is 2.45 bits per heavy atom. The van der Waals surface area contributed by atoms with Crippen molar-refractivity contribution in [3.63, 3.8) is 0 Å². The summed E-state index contributed by atoms with van der Waals surface area (Å²) in [7, 11) is 0. The Bertz CT molecular complexity index is 713. The number of benzene rings is 2. The van der Waals surface area contributed by atoms with Crippen LogP contribution in [0.3, 0.4) is 0 Å². The summed E-state index contributed by atoms with van der Waals surface area (Å²) in [5.74, 6) is -1.27. The van der Waals surface area contributed by atoms with E-state index in [4.69, 9.17) is 4.74 Å². The number of Topliss-reactive ketones (excluding diaryl/α,β-unsaturated/α-hetero) is 1. The minimum atomic E-state index is -0.969. The molecule has 0 spiro atoms. The van der Waals surface area contributed by atoms with Gasteiger partial charge >= 0.3 is 5.69 Å². The van der Waals surface area contributed by atoms with Crippen LogP contribution in [-0.2, 0) is 0 Å². The second kappa shape index (κ2) is 6.34. The van der Waals surface area contributed by atoms with Gasteiger partial charge < -0.3 is 4.74 Å². The molecule has 0 radical (unpaired) electrons. The fraction of sp³-hybridized carbons (Fsp3) is 0.188. The number of carbonyl (C=O) groups excluding carboxylic acids is 1. The summed E-state index contributed by atoms with van der Waals surface area (Å²) in [5, 5.41) is 10.9. The molecule has 0 aliphatic rings. The van der Waals surface area contributed by atoms with Gasteiger partial charge in [0.1, 0.15) is 5.82 Å². The lowest BCUT2D eigenvalue weighted by molar-refractivity contribution is -0.386. The van der Waals surface area contributed by atoms with E-state index in [9.17, 15) is 19.3 Å². The van der Waals surface area contributed by atoms with Crippen molar-refractivity contribution in [1.29, 1.82) is 0 Å². The van der Waals surface area contributed by atoms with E-state index in [1.165, 1.54) is 6.92 Å². The quantitative estimate of drug-likeness (QED) is 0.480. The molecule has 0 N–H and O–H groups in total. The Morgan fingerprint density at radius 2 is 1.86 bits per heavy atom. The topological polar surface area (TPSA) is 69.4 Å². The van der Waals surface area contributed by atoms with Crippen LogP contribution in [-0.4, -0.2) is 16.8 Å². The highest BCUT2D eigenvalue weighted by molar-refractivity contribution is 5.99. The molecule has 0 heterocycles. The van der Waals surface area contributed by atoms with Gasteiger partial charge in [-0.2, -0.15) is 0 Å². The van der Waals surface area contributed by atoms with Crippen molar-refractivity contribution in [2.24, 2.45) is 0 Å². The van der Waals surface area contributed by atoms with Crippen LogP contribution < -0.4 is 4.74 Å². The van der Waals surface area contributed by atoms with Crippen molar-refractivity contribution in [3.05, 3.63) is 69.5 Å². The van der Waals surface area contributed by atoms with Gasteiger partial charge in [-0.25, -0.2) is 4.39 Å². The number of rotatable bonds is 5. The van der Waals surface area contributed by atoms with E-state index in [1.54, 1.807) is 24.3 Å². The van der Waals surface area contributed by atoms with Crippen LogP contribution in [0.2, 0.25) is 0 Å². The van der Waals surface area contributed by atoms with Crippen LogP contribution in [0.15, 0.2) is 42.5 Å². The van der Waals surface area contributed by atoms with E-state index in [0.717, 1.165) is 23.8 Å². The monoisotopic (exact) mass is 303 g/mol. The van der Waals surface area contributed by atoms with Gasteiger partial charge in [-0.1, -0.05) is 29.8 Å². The molecule has 0 aromatic heterocycles. The molecule has 114 valence electrons. The molecule has 0 bridgehead atoms. The normalized spacial score (nSPS) is 11.8. The highest BCUT2D eigenvalue weighted by Gasteiger charge is 2.22. The number of nitro benzene ring substituents is 1. The maximum absolute atomic E-state index is 13.2. The first-order valence-corrected chi connectivity index (χ1v) is 6.60. The maximum atomic E-state index is 13.2. The van der Waals surface area contributed by atoms with Crippen molar-refractivity contribution in [1.82, 2.24) is 0 Å². The number of halogens is 1. The summed E-state index contributed by atoms with van der Waals surface area (Å²) in [6.07, 6.45) is -0.969. The largest absolute Gasteiger partial charge is 0.475 e. The number of nitro groups is 1. The number of ketones is 1. The van der Waals surface area contributed by atoms with Crippen molar-refractivity contribution >= 4 is 11.5 Å². The van der Waals surface area contributed by atoms with Crippen LogP contribution in [0, 0.1) is 22.9 Å².